The monoisotopic (exact) mass is 248 g/mol. The van der Waals surface area contributed by atoms with Crippen LogP contribution in [0.5, 0.6) is 0 Å². The Hall–Kier alpha value is -1.39. The van der Waals surface area contributed by atoms with E-state index in [4.69, 9.17) is 10.5 Å². The summed E-state index contributed by atoms with van der Waals surface area (Å²) in [6.07, 6.45) is 0. The Morgan fingerprint density at radius 2 is 2.11 bits per heavy atom. The second-order valence-corrected chi connectivity index (χ2v) is 5.04. The normalized spacial score (nSPS) is 23.3. The third-order valence-corrected chi connectivity index (χ3v) is 3.30. The zero-order chi connectivity index (χ0) is 13.1. The smallest absolute Gasteiger partial charge is 0.231 e. The standard InChI is InChI=1S/C14H20N2O2/c1-9(2)10-5-3-4-6-13(10)16-14(17)11-7-18-8-12(11)15/h3-6,9,11-12H,7-8,15H2,1-2H3,(H,16,17). The van der Waals surface area contributed by atoms with Crippen molar-refractivity contribution in [2.75, 3.05) is 18.5 Å². The van der Waals surface area contributed by atoms with Crippen molar-refractivity contribution in [1.29, 1.82) is 0 Å². The summed E-state index contributed by atoms with van der Waals surface area (Å²) in [6.45, 7) is 5.09. The molecule has 0 aromatic heterocycles. The molecule has 1 aliphatic rings. The molecule has 1 aliphatic heterocycles. The van der Waals surface area contributed by atoms with Crippen LogP contribution in [0.4, 0.5) is 5.69 Å². The van der Waals surface area contributed by atoms with Crippen molar-refractivity contribution in [2.45, 2.75) is 25.8 Å². The number of nitrogens with two attached hydrogens (primary N) is 1. The van der Waals surface area contributed by atoms with Crippen LogP contribution in [0.15, 0.2) is 24.3 Å². The van der Waals surface area contributed by atoms with Crippen molar-refractivity contribution in [3.05, 3.63) is 29.8 Å². The first-order chi connectivity index (χ1) is 8.59. The lowest BCUT2D eigenvalue weighted by atomic mass is 9.99. The molecule has 2 rings (SSSR count). The van der Waals surface area contributed by atoms with Crippen LogP contribution in [0.1, 0.15) is 25.3 Å². The first-order valence-electron chi connectivity index (χ1n) is 6.32. The molecule has 4 heteroatoms. The molecule has 2 atom stereocenters. The number of hydrogen-bond acceptors (Lipinski definition) is 3. The van der Waals surface area contributed by atoms with Crippen LogP contribution in [0.25, 0.3) is 0 Å². The fourth-order valence-corrected chi connectivity index (χ4v) is 2.18. The Kier molecular flexibility index (Phi) is 3.99. The fourth-order valence-electron chi connectivity index (χ4n) is 2.18. The summed E-state index contributed by atoms with van der Waals surface area (Å²) >= 11 is 0. The Bertz CT molecular complexity index is 432. The maximum absolute atomic E-state index is 12.1. The zero-order valence-corrected chi connectivity index (χ0v) is 10.8. The summed E-state index contributed by atoms with van der Waals surface area (Å²) in [7, 11) is 0. The largest absolute Gasteiger partial charge is 0.379 e. The second kappa shape index (κ2) is 5.50. The van der Waals surface area contributed by atoms with E-state index in [-0.39, 0.29) is 17.9 Å². The lowest BCUT2D eigenvalue weighted by Crippen LogP contribution is -2.37. The molecule has 3 N–H and O–H groups in total. The number of rotatable bonds is 3. The maximum Gasteiger partial charge on any atom is 0.231 e. The number of ether oxygens (including phenoxy) is 1. The molecule has 1 aromatic rings. The van der Waals surface area contributed by atoms with Gasteiger partial charge in [0.25, 0.3) is 0 Å². The molecular weight excluding hydrogens is 228 g/mol. The molecule has 0 bridgehead atoms. The third kappa shape index (κ3) is 2.71. The van der Waals surface area contributed by atoms with E-state index < -0.39 is 0 Å². The van der Waals surface area contributed by atoms with Gasteiger partial charge in [0.2, 0.25) is 5.91 Å². The minimum atomic E-state index is -0.245. The number of carbonyl (C=O) groups excluding carboxylic acids is 1. The average Bonchev–Trinajstić information content (AvgIpc) is 2.76. The van der Waals surface area contributed by atoms with Gasteiger partial charge in [-0.1, -0.05) is 32.0 Å². The van der Waals surface area contributed by atoms with Crippen LogP contribution < -0.4 is 11.1 Å². The van der Waals surface area contributed by atoms with E-state index in [9.17, 15) is 4.79 Å². The summed E-state index contributed by atoms with van der Waals surface area (Å²) in [4.78, 5) is 12.1. The van der Waals surface area contributed by atoms with Gasteiger partial charge in [0.1, 0.15) is 0 Å². The van der Waals surface area contributed by atoms with Gasteiger partial charge < -0.3 is 15.8 Å². The van der Waals surface area contributed by atoms with Crippen molar-refractivity contribution in [1.82, 2.24) is 0 Å². The molecular formula is C14H20N2O2. The Labute approximate surface area is 108 Å². The minimum Gasteiger partial charge on any atom is -0.379 e. The van der Waals surface area contributed by atoms with Gasteiger partial charge in [-0.15, -0.1) is 0 Å². The number of benzene rings is 1. The highest BCUT2D eigenvalue weighted by molar-refractivity contribution is 5.94. The average molecular weight is 248 g/mol. The quantitative estimate of drug-likeness (QED) is 0.856. The minimum absolute atomic E-state index is 0.0481. The molecule has 1 fully saturated rings. The van der Waals surface area contributed by atoms with Gasteiger partial charge in [-0.25, -0.2) is 0 Å². The number of amides is 1. The topological polar surface area (TPSA) is 64.3 Å². The van der Waals surface area contributed by atoms with Crippen LogP contribution in [0.3, 0.4) is 0 Å². The molecule has 1 amide bonds. The first-order valence-corrected chi connectivity index (χ1v) is 6.32. The third-order valence-electron chi connectivity index (χ3n) is 3.30. The van der Waals surface area contributed by atoms with Crippen molar-refractivity contribution in [3.63, 3.8) is 0 Å². The number of carbonyl (C=O) groups is 1. The van der Waals surface area contributed by atoms with Crippen LogP contribution in [0.2, 0.25) is 0 Å². The van der Waals surface area contributed by atoms with Crippen molar-refractivity contribution in [2.24, 2.45) is 11.7 Å². The maximum atomic E-state index is 12.1. The molecule has 2 unspecified atom stereocenters. The molecule has 0 saturated carbocycles. The molecule has 1 aromatic carbocycles. The highest BCUT2D eigenvalue weighted by Crippen LogP contribution is 2.24. The lowest BCUT2D eigenvalue weighted by molar-refractivity contribution is -0.120. The molecule has 18 heavy (non-hydrogen) atoms. The number of hydrogen-bond donors (Lipinski definition) is 2. The first kappa shape index (κ1) is 13.1. The predicted molar refractivity (Wildman–Crippen MR) is 71.4 cm³/mol. The van der Waals surface area contributed by atoms with Crippen molar-refractivity contribution < 1.29 is 9.53 Å². The highest BCUT2D eigenvalue weighted by atomic mass is 16.5. The molecule has 1 saturated heterocycles. The zero-order valence-electron chi connectivity index (χ0n) is 10.8. The predicted octanol–water partition coefficient (Wildman–Crippen LogP) is 1.72. The molecule has 4 nitrogen and oxygen atoms in total. The van der Waals surface area contributed by atoms with Crippen LogP contribution >= 0.6 is 0 Å². The van der Waals surface area contributed by atoms with Gasteiger partial charge in [0.15, 0.2) is 0 Å². The van der Waals surface area contributed by atoms with Crippen LogP contribution in [-0.2, 0) is 9.53 Å². The molecule has 0 spiro atoms. The van der Waals surface area contributed by atoms with Crippen molar-refractivity contribution in [3.8, 4) is 0 Å². The highest BCUT2D eigenvalue weighted by Gasteiger charge is 2.31. The lowest BCUT2D eigenvalue weighted by Gasteiger charge is -2.17. The van der Waals surface area contributed by atoms with E-state index in [2.05, 4.69) is 19.2 Å². The number of para-hydroxylation sites is 1. The van der Waals surface area contributed by atoms with Gasteiger partial charge in [0, 0.05) is 11.7 Å². The van der Waals surface area contributed by atoms with E-state index in [1.165, 1.54) is 0 Å². The molecule has 98 valence electrons. The number of nitrogens with one attached hydrogen (secondary N) is 1. The van der Waals surface area contributed by atoms with E-state index in [0.29, 0.717) is 19.1 Å². The summed E-state index contributed by atoms with van der Waals surface area (Å²) in [5.41, 5.74) is 7.85. The van der Waals surface area contributed by atoms with Crippen LogP contribution in [0, 0.1) is 5.92 Å². The molecule has 0 radical (unpaired) electrons. The van der Waals surface area contributed by atoms with Gasteiger partial charge in [-0.05, 0) is 17.5 Å². The van der Waals surface area contributed by atoms with Gasteiger partial charge in [0.05, 0.1) is 19.1 Å². The van der Waals surface area contributed by atoms with Crippen LogP contribution in [-0.4, -0.2) is 25.2 Å². The summed E-state index contributed by atoms with van der Waals surface area (Å²) in [6, 6.07) is 7.67. The Morgan fingerprint density at radius 1 is 1.39 bits per heavy atom. The van der Waals surface area contributed by atoms with E-state index in [1.54, 1.807) is 0 Å². The van der Waals surface area contributed by atoms with Gasteiger partial charge in [-0.2, -0.15) is 0 Å². The van der Waals surface area contributed by atoms with Crippen molar-refractivity contribution >= 4 is 11.6 Å². The summed E-state index contributed by atoms with van der Waals surface area (Å²) in [5, 5.41) is 2.97. The van der Waals surface area contributed by atoms with Gasteiger partial charge >= 0.3 is 0 Å². The van der Waals surface area contributed by atoms with E-state index in [1.807, 2.05) is 24.3 Å². The SMILES string of the molecule is CC(C)c1ccccc1NC(=O)C1COCC1N. The fraction of sp³-hybridized carbons (Fsp3) is 0.500. The molecule has 0 aliphatic carbocycles. The Balaban J connectivity index is 2.11. The summed E-state index contributed by atoms with van der Waals surface area (Å²) in [5.74, 6) is 0.0771. The summed E-state index contributed by atoms with van der Waals surface area (Å²) < 4.78 is 5.22. The second-order valence-electron chi connectivity index (χ2n) is 5.04. The number of anilines is 1. The van der Waals surface area contributed by atoms with E-state index in [0.717, 1.165) is 11.3 Å². The van der Waals surface area contributed by atoms with Gasteiger partial charge in [-0.3, -0.25) is 4.79 Å². The molecule has 1 heterocycles. The Morgan fingerprint density at radius 3 is 2.72 bits per heavy atom. The van der Waals surface area contributed by atoms with E-state index >= 15 is 0 Å².